The van der Waals surface area contributed by atoms with Crippen molar-refractivity contribution in [2.75, 3.05) is 22.2 Å². The number of carbonyl (C=O) groups excluding carboxylic acids is 1. The van der Waals surface area contributed by atoms with E-state index >= 15 is 0 Å². The number of rotatable bonds is 2. The quantitative estimate of drug-likeness (QED) is 0.539. The number of anilines is 3. The van der Waals surface area contributed by atoms with E-state index < -0.39 is 18.1 Å². The maximum atomic E-state index is 13.3. The molecular formula is C24H18F3N3O2. The molecule has 5 nitrogen and oxygen atoms in total. The highest BCUT2D eigenvalue weighted by Crippen LogP contribution is 2.48. The number of hydrogen-bond donors (Lipinski definition) is 1. The highest BCUT2D eigenvalue weighted by Gasteiger charge is 2.50. The highest BCUT2D eigenvalue weighted by molar-refractivity contribution is 6.08. The molecule has 0 saturated heterocycles. The smallest absolute Gasteiger partial charge is 0.406 e. The Bertz CT molecular complexity index is 1220. The van der Waals surface area contributed by atoms with E-state index in [0.717, 1.165) is 16.8 Å². The van der Waals surface area contributed by atoms with Crippen molar-refractivity contribution in [3.05, 3.63) is 90.0 Å². The first-order chi connectivity index (χ1) is 15.3. The molecule has 1 spiro atoms. The van der Waals surface area contributed by atoms with Gasteiger partial charge in [-0.1, -0.05) is 42.5 Å². The average Bonchev–Trinajstić information content (AvgIpc) is 2.76. The SMILES string of the molecule is CN1c2ccccc2C=C[C@@]12c1ccccc1NC(=O)N2c1ccc(OC(F)(F)F)cc1. The molecular weight excluding hydrogens is 419 g/mol. The van der Waals surface area contributed by atoms with E-state index in [0.29, 0.717) is 11.4 Å². The zero-order valence-corrected chi connectivity index (χ0v) is 16.9. The number of halogens is 3. The minimum Gasteiger partial charge on any atom is -0.406 e. The standard InChI is InChI=1S/C24H18F3N3O2/c1-29-21-9-5-2-6-16(21)14-15-23(29)19-7-3-4-8-20(19)28-22(31)30(23)17-10-12-18(13-11-17)32-24(25,26)27/h2-15H,1H3,(H,28,31)/t23-/m1/s1. The fourth-order valence-electron chi connectivity index (χ4n) is 4.40. The average molecular weight is 437 g/mol. The second kappa shape index (κ2) is 7.05. The van der Waals surface area contributed by atoms with Crippen molar-refractivity contribution < 1.29 is 22.7 Å². The summed E-state index contributed by atoms with van der Waals surface area (Å²) in [7, 11) is 1.89. The number of amides is 2. The number of nitrogens with one attached hydrogen (secondary N) is 1. The molecule has 1 atom stereocenters. The van der Waals surface area contributed by atoms with E-state index in [-0.39, 0.29) is 5.75 Å². The Hall–Kier alpha value is -3.94. The van der Waals surface area contributed by atoms with Gasteiger partial charge in [0.1, 0.15) is 5.75 Å². The Kier molecular flexibility index (Phi) is 4.40. The number of nitrogens with zero attached hydrogens (tertiary/aromatic N) is 2. The Morgan fingerprint density at radius 2 is 1.62 bits per heavy atom. The number of benzene rings is 3. The summed E-state index contributed by atoms with van der Waals surface area (Å²) in [5.41, 5.74) is 2.81. The minimum absolute atomic E-state index is 0.356. The van der Waals surface area contributed by atoms with Gasteiger partial charge < -0.3 is 15.0 Å². The van der Waals surface area contributed by atoms with Gasteiger partial charge in [0.05, 0.1) is 5.69 Å². The van der Waals surface area contributed by atoms with Crippen molar-refractivity contribution >= 4 is 29.2 Å². The van der Waals surface area contributed by atoms with Crippen molar-refractivity contribution in [3.8, 4) is 5.75 Å². The summed E-state index contributed by atoms with van der Waals surface area (Å²) in [6.45, 7) is 0. The predicted octanol–water partition coefficient (Wildman–Crippen LogP) is 5.95. The summed E-state index contributed by atoms with van der Waals surface area (Å²) >= 11 is 0. The van der Waals surface area contributed by atoms with Crippen molar-refractivity contribution in [2.24, 2.45) is 0 Å². The van der Waals surface area contributed by atoms with Crippen LogP contribution >= 0.6 is 0 Å². The molecule has 162 valence electrons. The van der Waals surface area contributed by atoms with E-state index in [2.05, 4.69) is 10.1 Å². The van der Waals surface area contributed by atoms with E-state index in [1.54, 1.807) is 4.90 Å². The van der Waals surface area contributed by atoms with Crippen LogP contribution in [0.3, 0.4) is 0 Å². The summed E-state index contributed by atoms with van der Waals surface area (Å²) in [6.07, 6.45) is -0.897. The number of alkyl halides is 3. The molecule has 3 aromatic rings. The summed E-state index contributed by atoms with van der Waals surface area (Å²) in [5, 5.41) is 2.89. The molecule has 0 unspecified atom stereocenters. The highest BCUT2D eigenvalue weighted by atomic mass is 19.4. The molecule has 5 rings (SSSR count). The van der Waals surface area contributed by atoms with Crippen LogP contribution in [0.5, 0.6) is 5.75 Å². The Morgan fingerprint density at radius 1 is 0.938 bits per heavy atom. The molecule has 2 aliphatic rings. The third-order valence-corrected chi connectivity index (χ3v) is 5.74. The van der Waals surface area contributed by atoms with Crippen molar-refractivity contribution in [3.63, 3.8) is 0 Å². The lowest BCUT2D eigenvalue weighted by Gasteiger charge is -2.53. The number of para-hydroxylation sites is 2. The lowest BCUT2D eigenvalue weighted by Crippen LogP contribution is -2.63. The number of carbonyl (C=O) groups is 1. The van der Waals surface area contributed by atoms with Gasteiger partial charge in [-0.05, 0) is 48.0 Å². The fraction of sp³-hybridized carbons (Fsp3) is 0.125. The maximum absolute atomic E-state index is 13.3. The van der Waals surface area contributed by atoms with Crippen LogP contribution in [0.4, 0.5) is 35.0 Å². The van der Waals surface area contributed by atoms with Crippen LogP contribution in [-0.4, -0.2) is 19.4 Å². The Labute approximate surface area is 182 Å². The first kappa shape index (κ1) is 20.0. The summed E-state index contributed by atoms with van der Waals surface area (Å²) in [6, 6.07) is 20.2. The summed E-state index contributed by atoms with van der Waals surface area (Å²) in [5.74, 6) is -0.356. The first-order valence-corrected chi connectivity index (χ1v) is 9.88. The number of ether oxygens (including phenoxy) is 1. The number of likely N-dealkylation sites (N-methyl/N-ethyl adjacent to an activating group) is 1. The molecule has 1 N–H and O–H groups in total. The van der Waals surface area contributed by atoms with E-state index in [1.165, 1.54) is 24.3 Å². The molecule has 32 heavy (non-hydrogen) atoms. The molecule has 0 fully saturated rings. The van der Waals surface area contributed by atoms with Gasteiger partial charge in [0, 0.05) is 24.0 Å². The molecule has 3 aromatic carbocycles. The van der Waals surface area contributed by atoms with Gasteiger partial charge in [-0.3, -0.25) is 4.90 Å². The van der Waals surface area contributed by atoms with Gasteiger partial charge >= 0.3 is 12.4 Å². The maximum Gasteiger partial charge on any atom is 0.573 e. The van der Waals surface area contributed by atoms with Crippen molar-refractivity contribution in [2.45, 2.75) is 12.0 Å². The zero-order chi connectivity index (χ0) is 22.5. The van der Waals surface area contributed by atoms with Gasteiger partial charge in [-0.25, -0.2) is 4.79 Å². The molecule has 0 bridgehead atoms. The van der Waals surface area contributed by atoms with Crippen molar-refractivity contribution in [1.82, 2.24) is 0 Å². The molecule has 2 aliphatic heterocycles. The normalized spacial score (nSPS) is 19.4. The van der Waals surface area contributed by atoms with Gasteiger partial charge in [-0.2, -0.15) is 0 Å². The largest absolute Gasteiger partial charge is 0.573 e. The summed E-state index contributed by atoms with van der Waals surface area (Å²) in [4.78, 5) is 16.9. The van der Waals surface area contributed by atoms with Gasteiger partial charge in [0.2, 0.25) is 0 Å². The Morgan fingerprint density at radius 3 is 2.38 bits per heavy atom. The minimum atomic E-state index is -4.79. The van der Waals surface area contributed by atoms with Crippen LogP contribution in [0.2, 0.25) is 0 Å². The Balaban J connectivity index is 1.68. The number of urea groups is 1. The van der Waals surface area contributed by atoms with Gasteiger partial charge in [0.15, 0.2) is 5.66 Å². The van der Waals surface area contributed by atoms with Crippen molar-refractivity contribution in [1.29, 1.82) is 0 Å². The third kappa shape index (κ3) is 3.07. The molecule has 8 heteroatoms. The molecule has 0 radical (unpaired) electrons. The lowest BCUT2D eigenvalue weighted by atomic mass is 9.87. The predicted molar refractivity (Wildman–Crippen MR) is 117 cm³/mol. The molecule has 0 aliphatic carbocycles. The second-order valence-electron chi connectivity index (χ2n) is 7.53. The molecule has 0 aromatic heterocycles. The topological polar surface area (TPSA) is 44.8 Å². The van der Waals surface area contributed by atoms with E-state index in [9.17, 15) is 18.0 Å². The van der Waals surface area contributed by atoms with Crippen LogP contribution in [0.25, 0.3) is 6.08 Å². The van der Waals surface area contributed by atoms with E-state index in [4.69, 9.17) is 0 Å². The molecule has 0 saturated carbocycles. The number of fused-ring (bicyclic) bond motifs is 3. The summed E-state index contributed by atoms with van der Waals surface area (Å²) < 4.78 is 41.8. The van der Waals surface area contributed by atoms with Crippen LogP contribution in [-0.2, 0) is 5.66 Å². The molecule has 2 amide bonds. The molecule has 2 heterocycles. The zero-order valence-electron chi connectivity index (χ0n) is 16.9. The lowest BCUT2D eigenvalue weighted by molar-refractivity contribution is -0.274. The van der Waals surface area contributed by atoms with Gasteiger partial charge in [0.25, 0.3) is 0 Å². The van der Waals surface area contributed by atoms with Crippen LogP contribution in [0.15, 0.2) is 78.9 Å². The first-order valence-electron chi connectivity index (χ1n) is 9.88. The van der Waals surface area contributed by atoms with Crippen LogP contribution < -0.4 is 19.9 Å². The number of hydrogen-bond acceptors (Lipinski definition) is 3. The van der Waals surface area contributed by atoms with Crippen LogP contribution in [0.1, 0.15) is 11.1 Å². The fourth-order valence-corrected chi connectivity index (χ4v) is 4.40. The monoisotopic (exact) mass is 437 g/mol. The van der Waals surface area contributed by atoms with Gasteiger partial charge in [-0.15, -0.1) is 13.2 Å². The third-order valence-electron chi connectivity index (χ3n) is 5.74. The second-order valence-corrected chi connectivity index (χ2v) is 7.53. The van der Waals surface area contributed by atoms with E-state index in [1.807, 2.05) is 72.6 Å². The van der Waals surface area contributed by atoms with Crippen LogP contribution in [0, 0.1) is 0 Å².